The van der Waals surface area contributed by atoms with Crippen molar-refractivity contribution in [2.75, 3.05) is 6.61 Å². The Morgan fingerprint density at radius 2 is 2.16 bits per heavy atom. The van der Waals surface area contributed by atoms with E-state index in [0.29, 0.717) is 13.2 Å². The molecule has 1 aromatic heterocycles. The summed E-state index contributed by atoms with van der Waals surface area (Å²) in [5.41, 5.74) is 6.94. The summed E-state index contributed by atoms with van der Waals surface area (Å²) in [5.74, 6) is 0.759. The Kier molecular flexibility index (Phi) is 4.30. The van der Waals surface area contributed by atoms with E-state index in [-0.39, 0.29) is 11.6 Å². The highest BCUT2D eigenvalue weighted by molar-refractivity contribution is 5.35. The van der Waals surface area contributed by atoms with Gasteiger partial charge < -0.3 is 10.5 Å². The molecule has 1 heterocycles. The number of aromatic nitrogens is 2. The van der Waals surface area contributed by atoms with E-state index < -0.39 is 0 Å². The maximum Gasteiger partial charge on any atom is 0.253 e. The third-order valence-electron chi connectivity index (χ3n) is 2.80. The summed E-state index contributed by atoms with van der Waals surface area (Å²) in [6, 6.07) is 8.70. The molecule has 0 bridgehead atoms. The Labute approximate surface area is 111 Å². The molecule has 0 saturated heterocycles. The Morgan fingerprint density at radius 1 is 1.37 bits per heavy atom. The molecule has 0 aliphatic rings. The van der Waals surface area contributed by atoms with Crippen molar-refractivity contribution in [1.82, 2.24) is 9.55 Å². The summed E-state index contributed by atoms with van der Waals surface area (Å²) in [7, 11) is 0. The first-order chi connectivity index (χ1) is 9.22. The normalized spacial score (nSPS) is 12.1. The molecular formula is C14H17N3O2. The van der Waals surface area contributed by atoms with Crippen molar-refractivity contribution in [2.45, 2.75) is 19.5 Å². The van der Waals surface area contributed by atoms with Gasteiger partial charge in [0.05, 0.1) is 19.0 Å². The summed E-state index contributed by atoms with van der Waals surface area (Å²) < 4.78 is 7.04. The van der Waals surface area contributed by atoms with Crippen LogP contribution in [0.15, 0.2) is 47.7 Å². The zero-order valence-corrected chi connectivity index (χ0v) is 10.8. The summed E-state index contributed by atoms with van der Waals surface area (Å²) in [4.78, 5) is 15.6. The summed E-state index contributed by atoms with van der Waals surface area (Å²) >= 11 is 0. The van der Waals surface area contributed by atoms with Crippen LogP contribution in [-0.2, 0) is 6.54 Å². The van der Waals surface area contributed by atoms with Crippen LogP contribution in [0.1, 0.15) is 18.5 Å². The molecule has 19 heavy (non-hydrogen) atoms. The van der Waals surface area contributed by atoms with Gasteiger partial charge in [-0.2, -0.15) is 0 Å². The Balaban J connectivity index is 2.23. The van der Waals surface area contributed by atoms with E-state index in [0.717, 1.165) is 11.3 Å². The Bertz CT molecular complexity index is 595. The van der Waals surface area contributed by atoms with Gasteiger partial charge in [-0.3, -0.25) is 9.36 Å². The minimum absolute atomic E-state index is 0.112. The lowest BCUT2D eigenvalue weighted by Crippen LogP contribution is -2.26. The molecular weight excluding hydrogens is 242 g/mol. The van der Waals surface area contributed by atoms with Gasteiger partial charge in [0.1, 0.15) is 5.75 Å². The molecule has 2 rings (SSSR count). The molecule has 0 amide bonds. The minimum atomic E-state index is -0.315. The monoisotopic (exact) mass is 259 g/mol. The van der Waals surface area contributed by atoms with Crippen LogP contribution in [0.5, 0.6) is 5.75 Å². The van der Waals surface area contributed by atoms with Crippen LogP contribution in [0, 0.1) is 0 Å². The van der Waals surface area contributed by atoms with Crippen molar-refractivity contribution in [3.05, 3.63) is 58.8 Å². The highest BCUT2D eigenvalue weighted by Gasteiger charge is 2.12. The molecule has 5 heteroatoms. The molecule has 1 aromatic carbocycles. The predicted molar refractivity (Wildman–Crippen MR) is 73.0 cm³/mol. The molecule has 2 aromatic rings. The van der Waals surface area contributed by atoms with Crippen LogP contribution < -0.4 is 16.0 Å². The highest BCUT2D eigenvalue weighted by Crippen LogP contribution is 2.24. The number of ether oxygens (including phenoxy) is 1. The molecule has 0 radical (unpaired) electrons. The second kappa shape index (κ2) is 6.15. The van der Waals surface area contributed by atoms with Gasteiger partial charge in [-0.25, -0.2) is 4.98 Å². The number of hydrogen-bond acceptors (Lipinski definition) is 4. The average molecular weight is 259 g/mol. The average Bonchev–Trinajstić information content (AvgIpc) is 2.42. The topological polar surface area (TPSA) is 70.1 Å². The van der Waals surface area contributed by atoms with Crippen molar-refractivity contribution in [3.63, 3.8) is 0 Å². The van der Waals surface area contributed by atoms with E-state index in [1.54, 1.807) is 0 Å². The first kappa shape index (κ1) is 13.3. The molecule has 0 spiro atoms. The van der Waals surface area contributed by atoms with Crippen LogP contribution in [0.25, 0.3) is 0 Å². The van der Waals surface area contributed by atoms with Crippen LogP contribution in [-0.4, -0.2) is 16.2 Å². The number of para-hydroxylation sites is 1. The zero-order valence-electron chi connectivity index (χ0n) is 10.8. The first-order valence-corrected chi connectivity index (χ1v) is 6.20. The zero-order chi connectivity index (χ0) is 13.7. The number of hydrogen-bond donors (Lipinski definition) is 1. The van der Waals surface area contributed by atoms with Gasteiger partial charge in [-0.1, -0.05) is 18.2 Å². The highest BCUT2D eigenvalue weighted by atomic mass is 16.5. The lowest BCUT2D eigenvalue weighted by molar-refractivity contribution is 0.332. The van der Waals surface area contributed by atoms with E-state index in [1.165, 1.54) is 23.2 Å². The summed E-state index contributed by atoms with van der Waals surface area (Å²) in [5, 5.41) is 0. The number of nitrogens with zero attached hydrogens (tertiary/aromatic N) is 2. The third kappa shape index (κ3) is 3.20. The molecule has 5 nitrogen and oxygen atoms in total. The molecule has 0 saturated carbocycles. The lowest BCUT2D eigenvalue weighted by atomic mass is 10.1. The van der Waals surface area contributed by atoms with Gasteiger partial charge in [-0.05, 0) is 13.0 Å². The predicted octanol–water partition coefficient (Wildman–Crippen LogP) is 1.34. The van der Waals surface area contributed by atoms with E-state index in [4.69, 9.17) is 10.5 Å². The standard InChI is InChI=1S/C14H17N3O2/c1-2-19-13-6-4-3-5-11(13)12(15)9-17-10-16-8-7-14(17)18/h3-8,10,12H,2,9,15H2,1H3. The van der Waals surface area contributed by atoms with Crippen molar-refractivity contribution >= 4 is 0 Å². The molecule has 0 fully saturated rings. The van der Waals surface area contributed by atoms with Gasteiger partial charge in [-0.15, -0.1) is 0 Å². The summed E-state index contributed by atoms with van der Waals surface area (Å²) in [6.45, 7) is 2.88. The van der Waals surface area contributed by atoms with Crippen molar-refractivity contribution in [1.29, 1.82) is 0 Å². The SMILES string of the molecule is CCOc1ccccc1C(N)Cn1cnccc1=O. The first-order valence-electron chi connectivity index (χ1n) is 6.20. The van der Waals surface area contributed by atoms with E-state index in [1.807, 2.05) is 31.2 Å². The van der Waals surface area contributed by atoms with Crippen LogP contribution >= 0.6 is 0 Å². The van der Waals surface area contributed by atoms with Crippen molar-refractivity contribution < 1.29 is 4.74 Å². The van der Waals surface area contributed by atoms with E-state index in [9.17, 15) is 4.79 Å². The maximum atomic E-state index is 11.6. The molecule has 100 valence electrons. The van der Waals surface area contributed by atoms with E-state index in [2.05, 4.69) is 4.98 Å². The maximum absolute atomic E-state index is 11.6. The number of benzene rings is 1. The van der Waals surface area contributed by atoms with Crippen LogP contribution in [0.3, 0.4) is 0 Å². The fraction of sp³-hybridized carbons (Fsp3) is 0.286. The number of rotatable bonds is 5. The fourth-order valence-electron chi connectivity index (χ4n) is 1.90. The van der Waals surface area contributed by atoms with E-state index >= 15 is 0 Å². The molecule has 1 atom stereocenters. The summed E-state index contributed by atoms with van der Waals surface area (Å²) in [6.07, 6.45) is 2.96. The van der Waals surface area contributed by atoms with Gasteiger partial charge in [0.2, 0.25) is 0 Å². The van der Waals surface area contributed by atoms with Gasteiger partial charge >= 0.3 is 0 Å². The largest absolute Gasteiger partial charge is 0.494 e. The fourth-order valence-corrected chi connectivity index (χ4v) is 1.90. The lowest BCUT2D eigenvalue weighted by Gasteiger charge is -2.17. The third-order valence-corrected chi connectivity index (χ3v) is 2.80. The Morgan fingerprint density at radius 3 is 2.89 bits per heavy atom. The smallest absolute Gasteiger partial charge is 0.253 e. The van der Waals surface area contributed by atoms with Gasteiger partial charge in [0.15, 0.2) is 0 Å². The number of nitrogens with two attached hydrogens (primary N) is 1. The Hall–Kier alpha value is -2.14. The molecule has 1 unspecified atom stereocenters. The van der Waals surface area contributed by atoms with Crippen LogP contribution in [0.2, 0.25) is 0 Å². The molecule has 2 N–H and O–H groups in total. The van der Waals surface area contributed by atoms with Crippen LogP contribution in [0.4, 0.5) is 0 Å². The second-order valence-corrected chi connectivity index (χ2v) is 4.15. The quantitative estimate of drug-likeness (QED) is 0.879. The van der Waals surface area contributed by atoms with Crippen molar-refractivity contribution in [2.24, 2.45) is 5.73 Å². The molecule has 0 aliphatic heterocycles. The van der Waals surface area contributed by atoms with Crippen molar-refractivity contribution in [3.8, 4) is 5.75 Å². The second-order valence-electron chi connectivity index (χ2n) is 4.15. The molecule has 0 aliphatic carbocycles. The minimum Gasteiger partial charge on any atom is -0.494 e. The van der Waals surface area contributed by atoms with Gasteiger partial charge in [0, 0.05) is 24.4 Å². The van der Waals surface area contributed by atoms with Gasteiger partial charge in [0.25, 0.3) is 5.56 Å².